The minimum absolute atomic E-state index is 0.269. The number of primary amides is 1. The first-order valence-electron chi connectivity index (χ1n) is 5.91. The Labute approximate surface area is 105 Å². The predicted molar refractivity (Wildman–Crippen MR) is 70.2 cm³/mol. The molecule has 0 radical (unpaired) electrons. The number of nitrogens with zero attached hydrogens (tertiary/aromatic N) is 3. The lowest BCUT2D eigenvalue weighted by atomic mass is 10.3. The highest BCUT2D eigenvalue weighted by Crippen LogP contribution is 2.21. The average molecular weight is 247 g/mol. The zero-order valence-corrected chi connectivity index (χ0v) is 10.6. The number of nitrogens with one attached hydrogen (secondary N) is 1. The number of hydrogen-bond acceptors (Lipinski definition) is 4. The Bertz CT molecular complexity index is 575. The number of anilines is 1. The van der Waals surface area contributed by atoms with Crippen LogP contribution in [0.25, 0.3) is 11.0 Å². The molecule has 96 valence electrons. The van der Waals surface area contributed by atoms with E-state index in [1.165, 1.54) is 0 Å². The Morgan fingerprint density at radius 3 is 3.00 bits per heavy atom. The fraction of sp³-hybridized carbons (Fsp3) is 0.417. The summed E-state index contributed by atoms with van der Waals surface area (Å²) in [5, 5.41) is 3.02. The number of carbonyl (C=O) groups is 1. The van der Waals surface area contributed by atoms with Crippen molar-refractivity contribution >= 4 is 22.8 Å². The van der Waals surface area contributed by atoms with Crippen LogP contribution in [0.4, 0.5) is 5.82 Å². The number of aryl methyl sites for hydroxylation is 2. The van der Waals surface area contributed by atoms with Crippen LogP contribution in [0.3, 0.4) is 0 Å². The number of carbonyl (C=O) groups excluding carboxylic acids is 1. The van der Waals surface area contributed by atoms with Crippen molar-refractivity contribution in [2.24, 2.45) is 5.73 Å². The van der Waals surface area contributed by atoms with Gasteiger partial charge in [0.25, 0.3) is 0 Å². The van der Waals surface area contributed by atoms with Gasteiger partial charge in [-0.25, -0.2) is 9.97 Å². The number of rotatable bonds is 5. The fourth-order valence-electron chi connectivity index (χ4n) is 2.04. The van der Waals surface area contributed by atoms with Gasteiger partial charge in [-0.15, -0.1) is 0 Å². The maximum atomic E-state index is 10.8. The maximum absolute atomic E-state index is 10.8. The normalized spacial score (nSPS) is 10.8. The molecule has 0 aliphatic rings. The lowest BCUT2D eigenvalue weighted by molar-refractivity contribution is -0.118. The van der Waals surface area contributed by atoms with Crippen LogP contribution < -0.4 is 11.1 Å². The van der Waals surface area contributed by atoms with E-state index in [-0.39, 0.29) is 5.91 Å². The zero-order valence-electron chi connectivity index (χ0n) is 10.6. The standard InChI is InChI=1S/C12H17N5O/c1-8-16-11-9(5-6-15-12(11)14-2)17(8)7-3-4-10(13)18/h5-6H,3-4,7H2,1-2H3,(H2,13,18)(H,14,15). The van der Waals surface area contributed by atoms with E-state index in [9.17, 15) is 4.79 Å². The second kappa shape index (κ2) is 5.03. The van der Waals surface area contributed by atoms with Crippen molar-refractivity contribution in [3.05, 3.63) is 18.1 Å². The Kier molecular flexibility index (Phi) is 3.45. The topological polar surface area (TPSA) is 85.8 Å². The number of amides is 1. The third-order valence-electron chi connectivity index (χ3n) is 2.90. The number of pyridine rings is 1. The molecule has 0 saturated carbocycles. The van der Waals surface area contributed by atoms with Gasteiger partial charge in [0, 0.05) is 26.2 Å². The fourth-order valence-corrected chi connectivity index (χ4v) is 2.04. The van der Waals surface area contributed by atoms with Crippen LogP contribution in [-0.4, -0.2) is 27.5 Å². The number of hydrogen-bond donors (Lipinski definition) is 2. The molecule has 0 fully saturated rings. The van der Waals surface area contributed by atoms with Gasteiger partial charge in [0.2, 0.25) is 5.91 Å². The molecule has 0 saturated heterocycles. The number of imidazole rings is 1. The van der Waals surface area contributed by atoms with Gasteiger partial charge in [-0.1, -0.05) is 0 Å². The molecule has 0 spiro atoms. The van der Waals surface area contributed by atoms with Crippen LogP contribution in [0.1, 0.15) is 18.7 Å². The molecule has 0 aromatic carbocycles. The average Bonchev–Trinajstić information content (AvgIpc) is 2.65. The minimum Gasteiger partial charge on any atom is -0.371 e. The van der Waals surface area contributed by atoms with E-state index in [1.807, 2.05) is 20.0 Å². The largest absolute Gasteiger partial charge is 0.371 e. The first-order valence-corrected chi connectivity index (χ1v) is 5.91. The summed E-state index contributed by atoms with van der Waals surface area (Å²) < 4.78 is 2.08. The van der Waals surface area contributed by atoms with Gasteiger partial charge in [0.15, 0.2) is 5.82 Å². The van der Waals surface area contributed by atoms with Crippen molar-refractivity contribution < 1.29 is 4.79 Å². The van der Waals surface area contributed by atoms with Gasteiger partial charge in [-0.3, -0.25) is 4.79 Å². The summed E-state index contributed by atoms with van der Waals surface area (Å²) in [5.41, 5.74) is 7.03. The van der Waals surface area contributed by atoms with E-state index in [0.29, 0.717) is 6.42 Å². The van der Waals surface area contributed by atoms with E-state index in [4.69, 9.17) is 5.73 Å². The molecular weight excluding hydrogens is 230 g/mol. The molecule has 0 bridgehead atoms. The van der Waals surface area contributed by atoms with E-state index < -0.39 is 0 Å². The maximum Gasteiger partial charge on any atom is 0.217 e. The summed E-state index contributed by atoms with van der Waals surface area (Å²) >= 11 is 0. The summed E-state index contributed by atoms with van der Waals surface area (Å²) in [6.45, 7) is 2.68. The van der Waals surface area contributed by atoms with E-state index in [0.717, 1.165) is 35.6 Å². The van der Waals surface area contributed by atoms with Crippen LogP contribution in [-0.2, 0) is 11.3 Å². The van der Waals surface area contributed by atoms with Crippen molar-refractivity contribution in [2.45, 2.75) is 26.3 Å². The molecule has 3 N–H and O–H groups in total. The lowest BCUT2D eigenvalue weighted by Crippen LogP contribution is -2.11. The van der Waals surface area contributed by atoms with Crippen molar-refractivity contribution in [1.29, 1.82) is 0 Å². The van der Waals surface area contributed by atoms with Crippen molar-refractivity contribution in [3.63, 3.8) is 0 Å². The predicted octanol–water partition coefficient (Wildman–Crippen LogP) is 1.05. The third-order valence-corrected chi connectivity index (χ3v) is 2.90. The molecule has 2 heterocycles. The molecule has 0 aliphatic carbocycles. The molecule has 18 heavy (non-hydrogen) atoms. The van der Waals surface area contributed by atoms with E-state index in [2.05, 4.69) is 19.9 Å². The second-order valence-electron chi connectivity index (χ2n) is 4.16. The zero-order chi connectivity index (χ0) is 13.1. The quantitative estimate of drug-likeness (QED) is 0.826. The van der Waals surface area contributed by atoms with Gasteiger partial charge < -0.3 is 15.6 Å². The molecule has 1 amide bonds. The van der Waals surface area contributed by atoms with Crippen LogP contribution in [0.5, 0.6) is 0 Å². The smallest absolute Gasteiger partial charge is 0.217 e. The van der Waals surface area contributed by atoms with Crippen LogP contribution in [0.15, 0.2) is 12.3 Å². The number of fused-ring (bicyclic) bond motifs is 1. The summed E-state index contributed by atoms with van der Waals surface area (Å²) in [6, 6.07) is 1.93. The summed E-state index contributed by atoms with van der Waals surface area (Å²) in [4.78, 5) is 19.5. The Morgan fingerprint density at radius 1 is 1.56 bits per heavy atom. The molecule has 0 atom stereocenters. The Morgan fingerprint density at radius 2 is 2.33 bits per heavy atom. The van der Waals surface area contributed by atoms with Gasteiger partial charge in [0.1, 0.15) is 11.3 Å². The molecular formula is C12H17N5O. The highest BCUT2D eigenvalue weighted by Gasteiger charge is 2.10. The number of aromatic nitrogens is 3. The van der Waals surface area contributed by atoms with Crippen molar-refractivity contribution in [3.8, 4) is 0 Å². The van der Waals surface area contributed by atoms with Crippen molar-refractivity contribution in [1.82, 2.24) is 14.5 Å². The van der Waals surface area contributed by atoms with Crippen LogP contribution >= 0.6 is 0 Å². The Hall–Kier alpha value is -2.11. The second-order valence-corrected chi connectivity index (χ2v) is 4.16. The van der Waals surface area contributed by atoms with Crippen LogP contribution in [0, 0.1) is 6.92 Å². The first-order chi connectivity index (χ1) is 8.63. The lowest BCUT2D eigenvalue weighted by Gasteiger charge is -2.06. The highest BCUT2D eigenvalue weighted by molar-refractivity contribution is 5.86. The van der Waals surface area contributed by atoms with E-state index >= 15 is 0 Å². The van der Waals surface area contributed by atoms with Gasteiger partial charge >= 0.3 is 0 Å². The molecule has 0 unspecified atom stereocenters. The third kappa shape index (κ3) is 2.27. The molecule has 2 aromatic heterocycles. The van der Waals surface area contributed by atoms with Crippen molar-refractivity contribution in [2.75, 3.05) is 12.4 Å². The summed E-state index contributed by atoms with van der Waals surface area (Å²) in [7, 11) is 1.82. The molecule has 2 rings (SSSR count). The van der Waals surface area contributed by atoms with Gasteiger partial charge in [0.05, 0.1) is 5.52 Å². The van der Waals surface area contributed by atoms with Gasteiger partial charge in [-0.05, 0) is 19.4 Å². The Balaban J connectivity index is 2.32. The molecule has 2 aromatic rings. The minimum atomic E-state index is -0.269. The summed E-state index contributed by atoms with van der Waals surface area (Å²) in [6.07, 6.45) is 2.86. The molecule has 6 nitrogen and oxygen atoms in total. The SMILES string of the molecule is CNc1nccc2c1nc(C)n2CCCC(N)=O. The van der Waals surface area contributed by atoms with Gasteiger partial charge in [-0.2, -0.15) is 0 Å². The highest BCUT2D eigenvalue weighted by atomic mass is 16.1. The van der Waals surface area contributed by atoms with Crippen LogP contribution in [0.2, 0.25) is 0 Å². The molecule has 6 heteroatoms. The first kappa shape index (κ1) is 12.3. The molecule has 0 aliphatic heterocycles. The monoisotopic (exact) mass is 247 g/mol. The van der Waals surface area contributed by atoms with E-state index in [1.54, 1.807) is 6.20 Å². The summed E-state index contributed by atoms with van der Waals surface area (Å²) in [5.74, 6) is 1.41. The number of nitrogens with two attached hydrogens (primary N) is 1.